The number of benzene rings is 1. The maximum absolute atomic E-state index is 13.6. The second-order valence-electron chi connectivity index (χ2n) is 5.06. The standard InChI is InChI=1S/C15H16FN3O5S/c1-8(20)6-17-15(23)18-13-11(14(21)22)12(19-25-13)24-7-9-4-2-3-5-10(9)16/h2-5,8,20H,6-7H2,1H3,(H,21,22)(H2,17,18,23). The van der Waals surface area contributed by atoms with Crippen LogP contribution in [0, 0.1) is 5.82 Å². The lowest BCUT2D eigenvalue weighted by molar-refractivity contribution is 0.0693. The first-order valence-electron chi connectivity index (χ1n) is 7.20. The molecule has 0 fully saturated rings. The number of carboxylic acids is 1. The van der Waals surface area contributed by atoms with Gasteiger partial charge in [0, 0.05) is 12.1 Å². The average molecular weight is 369 g/mol. The van der Waals surface area contributed by atoms with Crippen LogP contribution < -0.4 is 15.4 Å². The maximum atomic E-state index is 13.6. The fourth-order valence-corrected chi connectivity index (χ4v) is 2.52. The number of ether oxygens (including phenoxy) is 1. The van der Waals surface area contributed by atoms with Crippen LogP contribution in [0.5, 0.6) is 5.88 Å². The third kappa shape index (κ3) is 5.13. The van der Waals surface area contributed by atoms with Gasteiger partial charge in [-0.15, -0.1) is 0 Å². The SMILES string of the molecule is CC(O)CNC(=O)Nc1snc(OCc2ccccc2F)c1C(=O)O. The predicted octanol–water partition coefficient (Wildman–Crippen LogP) is 2.06. The van der Waals surface area contributed by atoms with Crippen LogP contribution in [0.4, 0.5) is 14.2 Å². The number of aromatic carboxylic acids is 1. The van der Waals surface area contributed by atoms with E-state index in [0.29, 0.717) is 0 Å². The van der Waals surface area contributed by atoms with Gasteiger partial charge in [0.25, 0.3) is 0 Å². The molecule has 0 saturated heterocycles. The first kappa shape index (κ1) is 18.6. The van der Waals surface area contributed by atoms with Crippen molar-refractivity contribution < 1.29 is 28.9 Å². The van der Waals surface area contributed by atoms with E-state index in [1.807, 2.05) is 0 Å². The van der Waals surface area contributed by atoms with E-state index in [1.54, 1.807) is 6.07 Å². The van der Waals surface area contributed by atoms with Gasteiger partial charge in [0.1, 0.15) is 17.4 Å². The topological polar surface area (TPSA) is 121 Å². The quantitative estimate of drug-likeness (QED) is 0.593. The van der Waals surface area contributed by atoms with E-state index >= 15 is 0 Å². The first-order valence-corrected chi connectivity index (χ1v) is 7.98. The molecule has 4 N–H and O–H groups in total. The number of rotatable bonds is 7. The summed E-state index contributed by atoms with van der Waals surface area (Å²) in [6.45, 7) is 1.29. The molecule has 0 radical (unpaired) electrons. The Morgan fingerprint density at radius 1 is 1.40 bits per heavy atom. The van der Waals surface area contributed by atoms with E-state index in [2.05, 4.69) is 15.0 Å². The van der Waals surface area contributed by atoms with E-state index in [4.69, 9.17) is 9.84 Å². The second kappa shape index (κ2) is 8.40. The van der Waals surface area contributed by atoms with Crippen molar-refractivity contribution in [3.8, 4) is 5.88 Å². The van der Waals surface area contributed by atoms with E-state index in [9.17, 15) is 19.1 Å². The lowest BCUT2D eigenvalue weighted by atomic mass is 10.2. The summed E-state index contributed by atoms with van der Waals surface area (Å²) in [5, 5.41) is 23.1. The van der Waals surface area contributed by atoms with Crippen LogP contribution in [-0.4, -0.2) is 39.2 Å². The minimum Gasteiger partial charge on any atom is -0.477 e. The lowest BCUT2D eigenvalue weighted by Gasteiger charge is -2.08. The molecular weight excluding hydrogens is 353 g/mol. The number of carboxylic acid groups (broad SMARTS) is 1. The Morgan fingerprint density at radius 3 is 2.76 bits per heavy atom. The molecule has 0 aliphatic carbocycles. The van der Waals surface area contributed by atoms with Gasteiger partial charge in [-0.1, -0.05) is 18.2 Å². The molecule has 1 aromatic carbocycles. The summed E-state index contributed by atoms with van der Waals surface area (Å²) in [7, 11) is 0. The summed E-state index contributed by atoms with van der Waals surface area (Å²) in [4.78, 5) is 23.1. The lowest BCUT2D eigenvalue weighted by Crippen LogP contribution is -2.34. The highest BCUT2D eigenvalue weighted by molar-refractivity contribution is 7.11. The Morgan fingerprint density at radius 2 is 2.12 bits per heavy atom. The number of amides is 2. The van der Waals surface area contributed by atoms with Crippen molar-refractivity contribution in [1.29, 1.82) is 0 Å². The number of hydrogen-bond donors (Lipinski definition) is 4. The number of carbonyl (C=O) groups excluding carboxylic acids is 1. The summed E-state index contributed by atoms with van der Waals surface area (Å²) >= 11 is 0.722. The monoisotopic (exact) mass is 369 g/mol. The maximum Gasteiger partial charge on any atom is 0.344 e. The Labute approximate surface area is 146 Å². The van der Waals surface area contributed by atoms with Crippen LogP contribution >= 0.6 is 11.5 Å². The van der Waals surface area contributed by atoms with Gasteiger partial charge in [-0.05, 0) is 24.5 Å². The number of hydrogen-bond acceptors (Lipinski definition) is 6. The Balaban J connectivity index is 2.09. The fourth-order valence-electron chi connectivity index (χ4n) is 1.80. The second-order valence-corrected chi connectivity index (χ2v) is 5.83. The molecule has 2 rings (SSSR count). The number of nitrogens with zero attached hydrogens (tertiary/aromatic N) is 1. The molecule has 1 atom stereocenters. The third-order valence-electron chi connectivity index (χ3n) is 2.98. The number of nitrogens with one attached hydrogen (secondary N) is 2. The van der Waals surface area contributed by atoms with Crippen molar-refractivity contribution in [3.05, 3.63) is 41.2 Å². The number of anilines is 1. The van der Waals surface area contributed by atoms with Crippen LogP contribution in [0.2, 0.25) is 0 Å². The summed E-state index contributed by atoms with van der Waals surface area (Å²) in [5.74, 6) is -2.04. The summed E-state index contributed by atoms with van der Waals surface area (Å²) in [6, 6.07) is 5.23. The van der Waals surface area contributed by atoms with Gasteiger partial charge in [-0.2, -0.15) is 4.37 Å². The molecule has 2 amide bonds. The van der Waals surface area contributed by atoms with Gasteiger partial charge in [0.2, 0.25) is 5.88 Å². The molecule has 25 heavy (non-hydrogen) atoms. The van der Waals surface area contributed by atoms with Gasteiger partial charge in [0.15, 0.2) is 5.56 Å². The van der Waals surface area contributed by atoms with E-state index in [-0.39, 0.29) is 35.2 Å². The summed E-state index contributed by atoms with van der Waals surface area (Å²) in [5.41, 5.74) is -0.0791. The Hall–Kier alpha value is -2.72. The van der Waals surface area contributed by atoms with E-state index in [1.165, 1.54) is 25.1 Å². The molecule has 2 aromatic rings. The van der Waals surface area contributed by atoms with Crippen molar-refractivity contribution in [2.24, 2.45) is 0 Å². The highest BCUT2D eigenvalue weighted by Gasteiger charge is 2.23. The molecule has 0 aliphatic heterocycles. The number of aliphatic hydroxyl groups excluding tert-OH is 1. The van der Waals surface area contributed by atoms with Gasteiger partial charge < -0.3 is 20.3 Å². The Bertz CT molecular complexity index is 765. The third-order valence-corrected chi connectivity index (χ3v) is 3.73. The first-order chi connectivity index (χ1) is 11.9. The van der Waals surface area contributed by atoms with Gasteiger partial charge in [-0.25, -0.2) is 14.0 Å². The normalized spacial score (nSPS) is 11.6. The number of aliphatic hydroxyl groups is 1. The molecule has 1 unspecified atom stereocenters. The molecule has 8 nitrogen and oxygen atoms in total. The number of urea groups is 1. The van der Waals surface area contributed by atoms with Crippen LogP contribution in [0.25, 0.3) is 0 Å². The molecule has 134 valence electrons. The number of carbonyl (C=O) groups is 2. The number of aromatic nitrogens is 1. The smallest absolute Gasteiger partial charge is 0.344 e. The van der Waals surface area contributed by atoms with Crippen molar-refractivity contribution in [2.75, 3.05) is 11.9 Å². The van der Waals surface area contributed by atoms with Gasteiger partial charge in [0.05, 0.1) is 6.10 Å². The van der Waals surface area contributed by atoms with Crippen LogP contribution in [0.1, 0.15) is 22.8 Å². The molecule has 0 saturated carbocycles. The van der Waals surface area contributed by atoms with Crippen molar-refractivity contribution in [2.45, 2.75) is 19.6 Å². The zero-order valence-electron chi connectivity index (χ0n) is 13.2. The zero-order chi connectivity index (χ0) is 18.4. The molecule has 1 aromatic heterocycles. The fraction of sp³-hybridized carbons (Fsp3) is 0.267. The molecular formula is C15H16FN3O5S. The summed E-state index contributed by atoms with van der Waals surface area (Å²) in [6.07, 6.45) is -0.745. The zero-order valence-corrected chi connectivity index (χ0v) is 14.0. The van der Waals surface area contributed by atoms with Crippen molar-refractivity contribution >= 4 is 28.5 Å². The number of halogens is 1. The Kier molecular flexibility index (Phi) is 6.25. The molecule has 0 spiro atoms. The minimum atomic E-state index is -1.34. The summed E-state index contributed by atoms with van der Waals surface area (Å²) < 4.78 is 22.7. The predicted molar refractivity (Wildman–Crippen MR) is 88.5 cm³/mol. The molecule has 0 aliphatic rings. The van der Waals surface area contributed by atoms with Crippen molar-refractivity contribution in [1.82, 2.24) is 9.69 Å². The van der Waals surface area contributed by atoms with Gasteiger partial charge >= 0.3 is 12.0 Å². The van der Waals surface area contributed by atoms with E-state index in [0.717, 1.165) is 11.5 Å². The highest BCUT2D eigenvalue weighted by atomic mass is 32.1. The largest absolute Gasteiger partial charge is 0.477 e. The van der Waals surface area contributed by atoms with Crippen LogP contribution in [-0.2, 0) is 6.61 Å². The van der Waals surface area contributed by atoms with Crippen LogP contribution in [0.3, 0.4) is 0 Å². The highest BCUT2D eigenvalue weighted by Crippen LogP contribution is 2.31. The van der Waals surface area contributed by atoms with Crippen LogP contribution in [0.15, 0.2) is 24.3 Å². The van der Waals surface area contributed by atoms with E-state index < -0.39 is 23.9 Å². The average Bonchev–Trinajstić information content (AvgIpc) is 2.95. The molecule has 1 heterocycles. The minimum absolute atomic E-state index is 0.00365. The van der Waals surface area contributed by atoms with Crippen molar-refractivity contribution in [3.63, 3.8) is 0 Å². The van der Waals surface area contributed by atoms with Gasteiger partial charge in [-0.3, -0.25) is 5.32 Å². The molecule has 0 bridgehead atoms. The molecule has 10 heteroatoms.